The number of carbonyl (C=O) groups is 2. The predicted molar refractivity (Wildman–Crippen MR) is 78.7 cm³/mol. The van der Waals surface area contributed by atoms with Crippen LogP contribution in [-0.4, -0.2) is 30.3 Å². The first-order chi connectivity index (χ1) is 10.5. The molecular formula is C17H24O5. The van der Waals surface area contributed by atoms with Gasteiger partial charge in [0.15, 0.2) is 5.60 Å². The normalized spacial score (nSPS) is 43.9. The molecule has 0 aromatic carbocycles. The number of carbonyl (C=O) groups excluding carboxylic acids is 2. The van der Waals surface area contributed by atoms with Gasteiger partial charge in [0.1, 0.15) is 11.4 Å². The van der Waals surface area contributed by atoms with Crippen molar-refractivity contribution >= 4 is 11.9 Å². The number of ether oxygens (including phenoxy) is 3. The van der Waals surface area contributed by atoms with Crippen LogP contribution in [0.15, 0.2) is 11.8 Å². The molecule has 3 rings (SSSR count). The highest BCUT2D eigenvalue weighted by Gasteiger charge is 2.75. The van der Waals surface area contributed by atoms with Crippen molar-refractivity contribution < 1.29 is 23.8 Å². The minimum absolute atomic E-state index is 0.00311. The predicted octanol–water partition coefficient (Wildman–Crippen LogP) is 2.59. The molecule has 5 atom stereocenters. The second kappa shape index (κ2) is 5.00. The van der Waals surface area contributed by atoms with E-state index in [-0.39, 0.29) is 17.8 Å². The Morgan fingerprint density at radius 1 is 1.32 bits per heavy atom. The molecule has 0 N–H and O–H groups in total. The fourth-order valence-corrected chi connectivity index (χ4v) is 4.88. The Kier molecular flexibility index (Phi) is 3.49. The highest BCUT2D eigenvalue weighted by molar-refractivity contribution is 5.84. The van der Waals surface area contributed by atoms with E-state index in [1.54, 1.807) is 0 Å². The second-order valence-corrected chi connectivity index (χ2v) is 6.59. The first kappa shape index (κ1) is 15.4. The van der Waals surface area contributed by atoms with E-state index in [9.17, 15) is 9.59 Å². The molecule has 2 heterocycles. The first-order valence-corrected chi connectivity index (χ1v) is 8.20. The molecule has 5 nitrogen and oxygen atoms in total. The highest BCUT2D eigenvalue weighted by atomic mass is 16.6. The Hall–Kier alpha value is -1.52. The van der Waals surface area contributed by atoms with Crippen molar-refractivity contribution in [2.75, 3.05) is 7.11 Å². The van der Waals surface area contributed by atoms with Crippen LogP contribution >= 0.6 is 0 Å². The van der Waals surface area contributed by atoms with Gasteiger partial charge in [-0.1, -0.05) is 27.2 Å². The molecule has 0 aromatic heterocycles. The van der Waals surface area contributed by atoms with Gasteiger partial charge in [0.05, 0.1) is 25.0 Å². The number of esters is 2. The summed E-state index contributed by atoms with van der Waals surface area (Å²) in [5.74, 6) is 0.0511. The van der Waals surface area contributed by atoms with Gasteiger partial charge in [0.2, 0.25) is 0 Å². The molecule has 0 radical (unpaired) electrons. The lowest BCUT2D eigenvalue weighted by Gasteiger charge is -2.28. The Morgan fingerprint density at radius 2 is 2.05 bits per heavy atom. The molecule has 2 saturated heterocycles. The van der Waals surface area contributed by atoms with E-state index >= 15 is 0 Å². The molecule has 0 aromatic rings. The standard InChI is InChI=1S/C17H24O5/c1-5-10-9-16(6-2)14-13(10)15(19)22-17(14,7-3)11(21-16)8-12(18)20-4/h8,10,13-14H,5-7,9H2,1-4H3. The van der Waals surface area contributed by atoms with Crippen LogP contribution in [0.5, 0.6) is 0 Å². The van der Waals surface area contributed by atoms with Gasteiger partial charge in [-0.15, -0.1) is 0 Å². The molecule has 0 spiro atoms. The van der Waals surface area contributed by atoms with E-state index in [1.165, 1.54) is 13.2 Å². The van der Waals surface area contributed by atoms with Gasteiger partial charge in [0.25, 0.3) is 0 Å². The molecule has 5 heteroatoms. The Labute approximate surface area is 131 Å². The van der Waals surface area contributed by atoms with Crippen molar-refractivity contribution in [3.63, 3.8) is 0 Å². The number of methoxy groups -OCH3 is 1. The van der Waals surface area contributed by atoms with Crippen LogP contribution in [0, 0.1) is 17.8 Å². The number of rotatable bonds is 4. The maximum atomic E-state index is 12.5. The van der Waals surface area contributed by atoms with Gasteiger partial charge in [0, 0.05) is 0 Å². The average molecular weight is 308 g/mol. The van der Waals surface area contributed by atoms with Crippen molar-refractivity contribution in [1.29, 1.82) is 0 Å². The van der Waals surface area contributed by atoms with E-state index < -0.39 is 17.2 Å². The lowest BCUT2D eigenvalue weighted by Crippen LogP contribution is -2.40. The van der Waals surface area contributed by atoms with Gasteiger partial charge in [-0.2, -0.15) is 0 Å². The zero-order chi connectivity index (χ0) is 16.1. The summed E-state index contributed by atoms with van der Waals surface area (Å²) < 4.78 is 16.8. The minimum atomic E-state index is -0.796. The lowest BCUT2D eigenvalue weighted by atomic mass is 9.74. The van der Waals surface area contributed by atoms with E-state index in [0.29, 0.717) is 18.1 Å². The molecule has 5 unspecified atom stereocenters. The summed E-state index contributed by atoms with van der Waals surface area (Å²) >= 11 is 0. The fraction of sp³-hybridized carbons (Fsp3) is 0.765. The summed E-state index contributed by atoms with van der Waals surface area (Å²) in [5.41, 5.74) is -1.19. The average Bonchev–Trinajstić information content (AvgIpc) is 3.10. The summed E-state index contributed by atoms with van der Waals surface area (Å²) in [6, 6.07) is 0. The Balaban J connectivity index is 2.11. The van der Waals surface area contributed by atoms with Crippen LogP contribution in [0.4, 0.5) is 0 Å². The van der Waals surface area contributed by atoms with Gasteiger partial charge in [-0.05, 0) is 25.2 Å². The van der Waals surface area contributed by atoms with Crippen molar-refractivity contribution in [2.24, 2.45) is 17.8 Å². The van der Waals surface area contributed by atoms with Crippen molar-refractivity contribution in [2.45, 2.75) is 57.7 Å². The lowest BCUT2D eigenvalue weighted by molar-refractivity contribution is -0.151. The van der Waals surface area contributed by atoms with E-state index in [2.05, 4.69) is 13.8 Å². The van der Waals surface area contributed by atoms with E-state index in [4.69, 9.17) is 14.2 Å². The quantitative estimate of drug-likeness (QED) is 0.590. The van der Waals surface area contributed by atoms with E-state index in [0.717, 1.165) is 19.3 Å². The summed E-state index contributed by atoms with van der Waals surface area (Å²) in [6.45, 7) is 6.17. The maximum absolute atomic E-state index is 12.5. The number of hydrogen-bond donors (Lipinski definition) is 0. The Morgan fingerprint density at radius 3 is 2.59 bits per heavy atom. The topological polar surface area (TPSA) is 61.8 Å². The van der Waals surface area contributed by atoms with Crippen LogP contribution in [0.3, 0.4) is 0 Å². The van der Waals surface area contributed by atoms with Crippen LogP contribution < -0.4 is 0 Å². The van der Waals surface area contributed by atoms with Crippen molar-refractivity contribution in [3.8, 4) is 0 Å². The smallest absolute Gasteiger partial charge is 0.334 e. The molecule has 1 saturated carbocycles. The van der Waals surface area contributed by atoms with Gasteiger partial charge in [-0.3, -0.25) is 4.79 Å². The molecule has 0 amide bonds. The molecule has 3 aliphatic rings. The van der Waals surface area contributed by atoms with Crippen LogP contribution in [0.1, 0.15) is 46.5 Å². The van der Waals surface area contributed by atoms with Crippen molar-refractivity contribution in [1.82, 2.24) is 0 Å². The zero-order valence-electron chi connectivity index (χ0n) is 13.7. The monoisotopic (exact) mass is 308 g/mol. The highest BCUT2D eigenvalue weighted by Crippen LogP contribution is 2.66. The minimum Gasteiger partial charge on any atom is -0.487 e. The molecule has 22 heavy (non-hydrogen) atoms. The molecule has 1 aliphatic carbocycles. The van der Waals surface area contributed by atoms with Crippen LogP contribution in [0.25, 0.3) is 0 Å². The Bertz CT molecular complexity index is 539. The third kappa shape index (κ3) is 1.71. The zero-order valence-corrected chi connectivity index (χ0v) is 13.7. The SMILES string of the molecule is CCC1CC2(CC)OC(=CC(=O)OC)C3(CC)OC(=O)C1C23. The summed E-state index contributed by atoms with van der Waals surface area (Å²) in [6.07, 6.45) is 4.57. The van der Waals surface area contributed by atoms with Gasteiger partial charge in [-0.25, -0.2) is 4.79 Å². The molecule has 122 valence electrons. The second-order valence-electron chi connectivity index (χ2n) is 6.59. The van der Waals surface area contributed by atoms with E-state index in [1.807, 2.05) is 6.92 Å². The largest absolute Gasteiger partial charge is 0.487 e. The molecule has 0 bridgehead atoms. The fourth-order valence-electron chi connectivity index (χ4n) is 4.88. The summed E-state index contributed by atoms with van der Waals surface area (Å²) in [5, 5.41) is 0. The van der Waals surface area contributed by atoms with Crippen LogP contribution in [-0.2, 0) is 23.8 Å². The van der Waals surface area contributed by atoms with Crippen LogP contribution in [0.2, 0.25) is 0 Å². The third-order valence-electron chi connectivity index (χ3n) is 5.93. The third-order valence-corrected chi connectivity index (χ3v) is 5.93. The first-order valence-electron chi connectivity index (χ1n) is 8.20. The molecule has 3 fully saturated rings. The summed E-state index contributed by atoms with van der Waals surface area (Å²) in [4.78, 5) is 24.2. The van der Waals surface area contributed by atoms with Gasteiger partial charge < -0.3 is 14.2 Å². The number of hydrogen-bond acceptors (Lipinski definition) is 5. The summed E-state index contributed by atoms with van der Waals surface area (Å²) in [7, 11) is 1.33. The molecular weight excluding hydrogens is 284 g/mol. The van der Waals surface area contributed by atoms with Gasteiger partial charge >= 0.3 is 11.9 Å². The maximum Gasteiger partial charge on any atom is 0.334 e. The van der Waals surface area contributed by atoms with Crippen molar-refractivity contribution in [3.05, 3.63) is 11.8 Å². The molecule has 2 aliphatic heterocycles.